The van der Waals surface area contributed by atoms with Crippen molar-refractivity contribution in [2.75, 3.05) is 18.0 Å². The molecule has 1 unspecified atom stereocenters. The van der Waals surface area contributed by atoms with Crippen LogP contribution in [0.4, 0.5) is 5.69 Å². The van der Waals surface area contributed by atoms with E-state index in [1.807, 2.05) is 13.8 Å². The minimum Gasteiger partial charge on any atom is -0.495 e. The lowest BCUT2D eigenvalue weighted by Crippen LogP contribution is -2.33. The van der Waals surface area contributed by atoms with E-state index >= 15 is 0 Å². The van der Waals surface area contributed by atoms with Crippen molar-refractivity contribution in [3.05, 3.63) is 65.7 Å². The fourth-order valence-corrected chi connectivity index (χ4v) is 4.32. The van der Waals surface area contributed by atoms with Gasteiger partial charge in [0.2, 0.25) is 0 Å². The van der Waals surface area contributed by atoms with Crippen LogP contribution < -0.4 is 14.4 Å². The summed E-state index contributed by atoms with van der Waals surface area (Å²) in [6.07, 6.45) is 2.22. The number of amides is 1. The van der Waals surface area contributed by atoms with Crippen LogP contribution >= 0.6 is 11.6 Å². The molecule has 29 heavy (non-hydrogen) atoms. The average molecular weight is 437 g/mol. The number of para-hydroxylation sites is 2. The summed E-state index contributed by atoms with van der Waals surface area (Å²) in [4.78, 5) is 12.5. The zero-order chi connectivity index (χ0) is 21.6. The van der Waals surface area contributed by atoms with Crippen LogP contribution in [-0.4, -0.2) is 34.0 Å². The lowest BCUT2D eigenvalue weighted by atomic mass is 10.2. The predicted molar refractivity (Wildman–Crippen MR) is 116 cm³/mol. The van der Waals surface area contributed by atoms with Gasteiger partial charge in [0, 0.05) is 6.04 Å². The molecule has 156 valence electrons. The highest BCUT2D eigenvalue weighted by atomic mass is 35.5. The fraction of sp³-hybridized carbons (Fsp3) is 0.286. The Morgan fingerprint density at radius 2 is 2.00 bits per heavy atom. The van der Waals surface area contributed by atoms with Crippen molar-refractivity contribution in [2.24, 2.45) is 0 Å². The molecule has 1 atom stereocenters. The number of methoxy groups -OCH3 is 1. The van der Waals surface area contributed by atoms with Crippen molar-refractivity contribution in [3.8, 4) is 5.75 Å². The number of benzene rings is 2. The van der Waals surface area contributed by atoms with Gasteiger partial charge >= 0.3 is 0 Å². The van der Waals surface area contributed by atoms with Crippen LogP contribution in [0.3, 0.4) is 0 Å². The van der Waals surface area contributed by atoms with E-state index in [-0.39, 0.29) is 28.1 Å². The molecule has 0 radical (unpaired) electrons. The zero-order valence-electron chi connectivity index (χ0n) is 16.7. The molecule has 2 rings (SSSR count). The van der Waals surface area contributed by atoms with Gasteiger partial charge in [-0.05, 0) is 43.7 Å². The number of anilines is 1. The number of nitrogens with one attached hydrogen (secondary N) is 1. The molecule has 0 heterocycles. The molecule has 0 spiro atoms. The molecule has 0 bridgehead atoms. The van der Waals surface area contributed by atoms with E-state index in [0.29, 0.717) is 11.4 Å². The molecule has 0 fully saturated rings. The Bertz CT molecular complexity index is 992. The summed E-state index contributed by atoms with van der Waals surface area (Å²) in [5.74, 6) is -0.0180. The van der Waals surface area contributed by atoms with Gasteiger partial charge in [-0.2, -0.15) is 0 Å². The van der Waals surface area contributed by atoms with Gasteiger partial charge in [0.1, 0.15) is 5.75 Å². The molecule has 6 nitrogen and oxygen atoms in total. The van der Waals surface area contributed by atoms with Gasteiger partial charge in [0.05, 0.1) is 34.8 Å². The van der Waals surface area contributed by atoms with Crippen LogP contribution in [0.2, 0.25) is 5.02 Å². The normalized spacial score (nSPS) is 12.1. The fourth-order valence-electron chi connectivity index (χ4n) is 2.65. The quantitative estimate of drug-likeness (QED) is 0.596. The highest BCUT2D eigenvalue weighted by molar-refractivity contribution is 7.92. The first-order valence-electron chi connectivity index (χ1n) is 9.13. The summed E-state index contributed by atoms with van der Waals surface area (Å²) in [7, 11) is -2.54. The minimum atomic E-state index is -4.01. The second-order valence-corrected chi connectivity index (χ2v) is 8.69. The van der Waals surface area contributed by atoms with E-state index in [4.69, 9.17) is 16.3 Å². The van der Waals surface area contributed by atoms with E-state index < -0.39 is 15.9 Å². The summed E-state index contributed by atoms with van der Waals surface area (Å²) >= 11 is 6.17. The first-order valence-corrected chi connectivity index (χ1v) is 10.9. The maximum absolute atomic E-state index is 13.4. The molecule has 0 aliphatic heterocycles. The zero-order valence-corrected chi connectivity index (χ0v) is 18.3. The lowest BCUT2D eigenvalue weighted by molar-refractivity contribution is 0.0939. The largest absolute Gasteiger partial charge is 0.495 e. The molecule has 8 heteroatoms. The summed E-state index contributed by atoms with van der Waals surface area (Å²) in [6, 6.07) is 10.8. The molecular formula is C21H25ClN2O4S. The third-order valence-electron chi connectivity index (χ3n) is 4.41. The molecule has 2 aromatic carbocycles. The van der Waals surface area contributed by atoms with Crippen LogP contribution in [0.25, 0.3) is 0 Å². The van der Waals surface area contributed by atoms with Gasteiger partial charge < -0.3 is 10.1 Å². The van der Waals surface area contributed by atoms with E-state index in [1.165, 1.54) is 35.7 Å². The van der Waals surface area contributed by atoms with E-state index in [0.717, 1.165) is 6.42 Å². The van der Waals surface area contributed by atoms with Crippen LogP contribution in [0.5, 0.6) is 5.75 Å². The molecule has 0 aliphatic carbocycles. The molecule has 1 amide bonds. The topological polar surface area (TPSA) is 75.7 Å². The molecule has 0 aliphatic rings. The van der Waals surface area contributed by atoms with E-state index in [1.54, 1.807) is 24.3 Å². The van der Waals surface area contributed by atoms with E-state index in [9.17, 15) is 13.2 Å². The molecule has 0 saturated carbocycles. The van der Waals surface area contributed by atoms with Crippen molar-refractivity contribution in [1.29, 1.82) is 0 Å². The highest BCUT2D eigenvalue weighted by Gasteiger charge is 2.28. The van der Waals surface area contributed by atoms with E-state index in [2.05, 4.69) is 11.9 Å². The van der Waals surface area contributed by atoms with Crippen LogP contribution in [0.1, 0.15) is 30.6 Å². The number of nitrogens with zero attached hydrogens (tertiary/aromatic N) is 1. The number of hydrogen-bond donors (Lipinski definition) is 1. The SMILES string of the molecule is C=CCN(c1ccccc1OC)S(=O)(=O)c1ccc(Cl)c(C(=O)NC(C)CC)c1. The van der Waals surface area contributed by atoms with Crippen LogP contribution in [0, 0.1) is 0 Å². The second kappa shape index (κ2) is 9.80. The monoisotopic (exact) mass is 436 g/mol. The van der Waals surface area contributed by atoms with Gasteiger partial charge in [-0.3, -0.25) is 9.10 Å². The van der Waals surface area contributed by atoms with Gasteiger partial charge in [0.15, 0.2) is 0 Å². The summed E-state index contributed by atoms with van der Waals surface area (Å²) < 4.78 is 33.3. The number of rotatable bonds is 9. The Morgan fingerprint density at radius 3 is 2.62 bits per heavy atom. The van der Waals surface area contributed by atoms with Gasteiger partial charge in [0.25, 0.3) is 15.9 Å². The number of carbonyl (C=O) groups is 1. The Morgan fingerprint density at radius 1 is 1.31 bits per heavy atom. The number of halogens is 1. The average Bonchev–Trinajstić information content (AvgIpc) is 2.71. The first-order chi connectivity index (χ1) is 13.8. The van der Waals surface area contributed by atoms with Crippen molar-refractivity contribution in [1.82, 2.24) is 5.32 Å². The Kier molecular flexibility index (Phi) is 7.70. The van der Waals surface area contributed by atoms with Crippen LogP contribution in [-0.2, 0) is 10.0 Å². The number of sulfonamides is 1. The standard InChI is InChI=1S/C21H25ClN2O4S/c1-5-13-24(19-9-7-8-10-20(19)28-4)29(26,27)16-11-12-18(22)17(14-16)21(25)23-15(3)6-2/h5,7-12,14-15H,1,6,13H2,2-4H3,(H,23,25). The van der Waals surface area contributed by atoms with Crippen molar-refractivity contribution >= 4 is 33.2 Å². The van der Waals surface area contributed by atoms with Crippen molar-refractivity contribution in [3.63, 3.8) is 0 Å². The van der Waals surface area contributed by atoms with Gasteiger partial charge in [-0.25, -0.2) is 8.42 Å². The third kappa shape index (κ3) is 5.10. The predicted octanol–water partition coefficient (Wildman–Crippen LogP) is 4.26. The molecule has 1 N–H and O–H groups in total. The maximum atomic E-state index is 13.4. The Hall–Kier alpha value is -2.51. The second-order valence-electron chi connectivity index (χ2n) is 6.42. The molecule has 2 aromatic rings. The number of hydrogen-bond acceptors (Lipinski definition) is 4. The van der Waals surface area contributed by atoms with Crippen molar-refractivity contribution in [2.45, 2.75) is 31.2 Å². The molecule has 0 saturated heterocycles. The molecule has 0 aromatic heterocycles. The van der Waals surface area contributed by atoms with Crippen LogP contribution in [0.15, 0.2) is 60.0 Å². The summed E-state index contributed by atoms with van der Waals surface area (Å²) in [5.41, 5.74) is 0.474. The Balaban J connectivity index is 2.54. The van der Waals surface area contributed by atoms with Gasteiger partial charge in [-0.1, -0.05) is 36.7 Å². The molecular weight excluding hydrogens is 412 g/mol. The number of carbonyl (C=O) groups excluding carboxylic acids is 1. The Labute approximate surface area is 177 Å². The summed E-state index contributed by atoms with van der Waals surface area (Å²) in [6.45, 7) is 7.49. The van der Waals surface area contributed by atoms with Gasteiger partial charge in [-0.15, -0.1) is 6.58 Å². The lowest BCUT2D eigenvalue weighted by Gasteiger charge is -2.25. The maximum Gasteiger partial charge on any atom is 0.264 e. The van der Waals surface area contributed by atoms with Crippen molar-refractivity contribution < 1.29 is 17.9 Å². The smallest absolute Gasteiger partial charge is 0.264 e. The number of ether oxygens (including phenoxy) is 1. The third-order valence-corrected chi connectivity index (χ3v) is 6.51. The first kappa shape index (κ1) is 22.8. The highest BCUT2D eigenvalue weighted by Crippen LogP contribution is 2.33. The minimum absolute atomic E-state index is 0.0275. The summed E-state index contributed by atoms with van der Waals surface area (Å²) in [5, 5.41) is 2.98.